The lowest BCUT2D eigenvalue weighted by molar-refractivity contribution is -0.117. The van der Waals surface area contributed by atoms with E-state index in [1.807, 2.05) is 31.2 Å². The molecule has 0 spiro atoms. The molecule has 3 rings (SSSR count). The van der Waals surface area contributed by atoms with Crippen LogP contribution in [0.4, 0.5) is 17.3 Å². The first kappa shape index (κ1) is 14.3. The van der Waals surface area contributed by atoms with E-state index in [4.69, 9.17) is 4.74 Å². The van der Waals surface area contributed by atoms with Gasteiger partial charge in [0, 0.05) is 11.6 Å². The topological polar surface area (TPSA) is 76.1 Å². The summed E-state index contributed by atoms with van der Waals surface area (Å²) < 4.78 is 5.39. The Kier molecular flexibility index (Phi) is 4.18. The fraction of sp³-hybridized carbons (Fsp3) is 0.312. The first-order chi connectivity index (χ1) is 10.7. The fourth-order valence-corrected chi connectivity index (χ4v) is 1.99. The highest BCUT2D eigenvalue weighted by molar-refractivity contribution is 5.93. The minimum Gasteiger partial charge on any atom is -0.494 e. The van der Waals surface area contributed by atoms with Crippen LogP contribution in [0, 0.1) is 5.92 Å². The number of benzene rings is 1. The van der Waals surface area contributed by atoms with Gasteiger partial charge in [0.1, 0.15) is 5.75 Å². The first-order valence-corrected chi connectivity index (χ1v) is 7.39. The molecule has 0 atom stereocenters. The van der Waals surface area contributed by atoms with E-state index in [1.165, 1.54) is 0 Å². The van der Waals surface area contributed by atoms with E-state index in [-0.39, 0.29) is 11.8 Å². The van der Waals surface area contributed by atoms with Crippen LogP contribution in [-0.4, -0.2) is 22.7 Å². The molecule has 1 aromatic carbocycles. The molecule has 114 valence electrons. The zero-order chi connectivity index (χ0) is 15.4. The quantitative estimate of drug-likeness (QED) is 0.857. The molecule has 0 aliphatic heterocycles. The second-order valence-corrected chi connectivity index (χ2v) is 5.15. The Balaban J connectivity index is 1.59. The molecule has 6 heteroatoms. The Labute approximate surface area is 128 Å². The van der Waals surface area contributed by atoms with Crippen molar-refractivity contribution in [3.05, 3.63) is 36.4 Å². The highest BCUT2D eigenvalue weighted by Crippen LogP contribution is 2.29. The Bertz CT molecular complexity index is 636. The maximum atomic E-state index is 11.6. The summed E-state index contributed by atoms with van der Waals surface area (Å²) in [6.07, 6.45) is 1.94. The molecule has 22 heavy (non-hydrogen) atoms. The number of aromatic nitrogens is 2. The van der Waals surface area contributed by atoms with Gasteiger partial charge in [0.25, 0.3) is 0 Å². The molecule has 1 aliphatic carbocycles. The molecular weight excluding hydrogens is 280 g/mol. The Morgan fingerprint density at radius 3 is 2.41 bits per heavy atom. The van der Waals surface area contributed by atoms with Crippen molar-refractivity contribution in [1.82, 2.24) is 10.2 Å². The van der Waals surface area contributed by atoms with E-state index in [0.29, 0.717) is 18.2 Å². The lowest BCUT2D eigenvalue weighted by Gasteiger charge is -2.08. The van der Waals surface area contributed by atoms with E-state index in [0.717, 1.165) is 24.3 Å². The van der Waals surface area contributed by atoms with Crippen molar-refractivity contribution >= 4 is 23.2 Å². The van der Waals surface area contributed by atoms with E-state index >= 15 is 0 Å². The van der Waals surface area contributed by atoms with Crippen LogP contribution >= 0.6 is 0 Å². The summed E-state index contributed by atoms with van der Waals surface area (Å²) >= 11 is 0. The normalized spacial score (nSPS) is 13.5. The zero-order valence-corrected chi connectivity index (χ0v) is 12.4. The third-order valence-corrected chi connectivity index (χ3v) is 3.30. The summed E-state index contributed by atoms with van der Waals surface area (Å²) in [5.41, 5.74) is 0.896. The third kappa shape index (κ3) is 3.72. The molecule has 0 bridgehead atoms. The Morgan fingerprint density at radius 1 is 1.14 bits per heavy atom. The van der Waals surface area contributed by atoms with Gasteiger partial charge in [0.05, 0.1) is 6.61 Å². The zero-order valence-electron chi connectivity index (χ0n) is 12.4. The molecule has 2 N–H and O–H groups in total. The largest absolute Gasteiger partial charge is 0.494 e. The molecule has 1 amide bonds. The maximum Gasteiger partial charge on any atom is 0.228 e. The number of ether oxygens (including phenoxy) is 1. The van der Waals surface area contributed by atoms with Crippen molar-refractivity contribution in [3.8, 4) is 5.75 Å². The minimum absolute atomic E-state index is 0.0292. The van der Waals surface area contributed by atoms with Crippen LogP contribution in [0.3, 0.4) is 0 Å². The standard InChI is InChI=1S/C16H18N4O2/c1-2-22-13-7-5-12(6-8-13)17-14-9-10-15(20-19-14)18-16(21)11-3-4-11/h5-11H,2-4H2,1H3,(H,17,19)(H,18,20,21). The van der Waals surface area contributed by atoms with Gasteiger partial charge >= 0.3 is 0 Å². The van der Waals surface area contributed by atoms with Gasteiger partial charge in [-0.1, -0.05) is 0 Å². The molecule has 0 radical (unpaired) electrons. The van der Waals surface area contributed by atoms with Crippen LogP contribution in [0.1, 0.15) is 19.8 Å². The van der Waals surface area contributed by atoms with Gasteiger partial charge in [-0.25, -0.2) is 0 Å². The average Bonchev–Trinajstić information content (AvgIpc) is 3.36. The van der Waals surface area contributed by atoms with Gasteiger partial charge in [-0.3, -0.25) is 4.79 Å². The molecule has 1 aliphatic rings. The second-order valence-electron chi connectivity index (χ2n) is 5.15. The van der Waals surface area contributed by atoms with Crippen molar-refractivity contribution in [1.29, 1.82) is 0 Å². The maximum absolute atomic E-state index is 11.6. The monoisotopic (exact) mass is 298 g/mol. The molecule has 1 heterocycles. The van der Waals surface area contributed by atoms with Gasteiger partial charge in [-0.15, -0.1) is 10.2 Å². The number of amides is 1. The van der Waals surface area contributed by atoms with Gasteiger partial charge in [-0.05, 0) is 56.2 Å². The Hall–Kier alpha value is -2.63. The van der Waals surface area contributed by atoms with Crippen LogP contribution in [0.5, 0.6) is 5.75 Å². The molecule has 0 unspecified atom stereocenters. The number of carbonyl (C=O) groups is 1. The van der Waals surface area contributed by atoms with Gasteiger partial charge in [0.2, 0.25) is 5.91 Å². The SMILES string of the molecule is CCOc1ccc(Nc2ccc(NC(=O)C3CC3)nn2)cc1. The highest BCUT2D eigenvalue weighted by Gasteiger charge is 2.29. The number of anilines is 3. The highest BCUT2D eigenvalue weighted by atomic mass is 16.5. The van der Waals surface area contributed by atoms with Crippen LogP contribution < -0.4 is 15.4 Å². The minimum atomic E-state index is 0.0292. The van der Waals surface area contributed by atoms with Crippen LogP contribution in [0.15, 0.2) is 36.4 Å². The molecule has 1 saturated carbocycles. The van der Waals surface area contributed by atoms with Crippen molar-refractivity contribution in [2.45, 2.75) is 19.8 Å². The summed E-state index contributed by atoms with van der Waals surface area (Å²) in [6.45, 7) is 2.59. The summed E-state index contributed by atoms with van der Waals surface area (Å²) in [5.74, 6) is 2.12. The van der Waals surface area contributed by atoms with E-state index in [9.17, 15) is 4.79 Å². The van der Waals surface area contributed by atoms with Crippen molar-refractivity contribution in [2.24, 2.45) is 5.92 Å². The third-order valence-electron chi connectivity index (χ3n) is 3.30. The molecule has 2 aromatic rings. The summed E-state index contributed by atoms with van der Waals surface area (Å²) in [7, 11) is 0. The second kappa shape index (κ2) is 6.43. The number of carbonyl (C=O) groups excluding carboxylic acids is 1. The number of rotatable bonds is 6. The number of nitrogens with zero attached hydrogens (tertiary/aromatic N) is 2. The predicted octanol–water partition coefficient (Wildman–Crippen LogP) is 2.97. The van der Waals surface area contributed by atoms with Crippen molar-refractivity contribution in [2.75, 3.05) is 17.2 Å². The molecule has 0 saturated heterocycles. The van der Waals surface area contributed by atoms with E-state index < -0.39 is 0 Å². The van der Waals surface area contributed by atoms with Crippen molar-refractivity contribution in [3.63, 3.8) is 0 Å². The Morgan fingerprint density at radius 2 is 1.82 bits per heavy atom. The summed E-state index contributed by atoms with van der Waals surface area (Å²) in [6, 6.07) is 11.1. The number of hydrogen-bond donors (Lipinski definition) is 2. The summed E-state index contributed by atoms with van der Waals surface area (Å²) in [5, 5.41) is 14.0. The molecular formula is C16H18N4O2. The lowest BCUT2D eigenvalue weighted by atomic mass is 10.3. The average molecular weight is 298 g/mol. The van der Waals surface area contributed by atoms with Gasteiger partial charge in [-0.2, -0.15) is 0 Å². The van der Waals surface area contributed by atoms with Gasteiger partial charge in [0.15, 0.2) is 11.6 Å². The van der Waals surface area contributed by atoms with Crippen LogP contribution in [-0.2, 0) is 4.79 Å². The van der Waals surface area contributed by atoms with Crippen LogP contribution in [0.25, 0.3) is 0 Å². The number of nitrogens with one attached hydrogen (secondary N) is 2. The lowest BCUT2D eigenvalue weighted by Crippen LogP contribution is -2.14. The van der Waals surface area contributed by atoms with E-state index in [2.05, 4.69) is 20.8 Å². The first-order valence-electron chi connectivity index (χ1n) is 7.39. The smallest absolute Gasteiger partial charge is 0.228 e. The molecule has 1 fully saturated rings. The number of hydrogen-bond acceptors (Lipinski definition) is 5. The molecule has 6 nitrogen and oxygen atoms in total. The van der Waals surface area contributed by atoms with Gasteiger partial charge < -0.3 is 15.4 Å². The van der Waals surface area contributed by atoms with Crippen LogP contribution in [0.2, 0.25) is 0 Å². The van der Waals surface area contributed by atoms with E-state index in [1.54, 1.807) is 12.1 Å². The predicted molar refractivity (Wildman–Crippen MR) is 84.3 cm³/mol. The molecule has 1 aromatic heterocycles. The summed E-state index contributed by atoms with van der Waals surface area (Å²) in [4.78, 5) is 11.6. The van der Waals surface area contributed by atoms with Crippen molar-refractivity contribution < 1.29 is 9.53 Å². The fourth-order valence-electron chi connectivity index (χ4n) is 1.99.